The standard InChI is InChI=1S/C14H14O2.C10H15.BF4.Cr.2NO/c1-3-11-9-10-13(15-2)16-14(11)12-7-5-4-6-8-12;1-6-7(2)9(4)10(5)8(6)3;2-1(3,4)5;;2*1-2/h4-9H,3H2,1-2H3;1-5H3;;;;/q;;-1;;;. The minimum atomic E-state index is -6.00. The van der Waals surface area contributed by atoms with Crippen LogP contribution in [0.3, 0.4) is 0 Å². The SMILES string of the molecule is CCc1c[c-]c(=[O+]C)oc1-c1ccccc1.C[C]1[C](C)[C](C)[C](C)[C]1C.F[B-](F)(F)F.[Cr].[N]=O.[N]=O. The van der Waals surface area contributed by atoms with Crippen molar-refractivity contribution in [1.29, 1.82) is 0 Å². The zero-order valence-electron chi connectivity index (χ0n) is 21.2. The molecule has 6 nitrogen and oxygen atoms in total. The van der Waals surface area contributed by atoms with E-state index in [1.165, 1.54) is 29.6 Å². The molecule has 0 N–H and O–H groups in total. The maximum absolute atomic E-state index is 9.75. The fourth-order valence-electron chi connectivity index (χ4n) is 3.00. The molecule has 0 saturated heterocycles. The van der Waals surface area contributed by atoms with Crippen molar-refractivity contribution in [2.45, 2.75) is 48.0 Å². The second kappa shape index (κ2) is 19.8. The Hall–Kier alpha value is -2.31. The Kier molecular flexibility index (Phi) is 21.0. The van der Waals surface area contributed by atoms with Gasteiger partial charge in [0.2, 0.25) is 0 Å². The normalized spacial score (nSPS) is 15.0. The van der Waals surface area contributed by atoms with Crippen LogP contribution in [0.5, 0.6) is 0 Å². The molecule has 2 aromatic rings. The Morgan fingerprint density at radius 3 is 1.50 bits per heavy atom. The second-order valence-electron chi connectivity index (χ2n) is 7.08. The second-order valence-corrected chi connectivity index (χ2v) is 7.08. The Labute approximate surface area is 221 Å². The maximum Gasteiger partial charge on any atom is 0.673 e. The van der Waals surface area contributed by atoms with Crippen LogP contribution >= 0.6 is 0 Å². The average molecular weight is 548 g/mol. The van der Waals surface area contributed by atoms with Crippen molar-refractivity contribution >= 4 is 7.25 Å². The van der Waals surface area contributed by atoms with E-state index in [2.05, 4.69) is 47.6 Å². The van der Waals surface area contributed by atoms with E-state index in [1.54, 1.807) is 7.11 Å². The topological polar surface area (TPSA) is 103 Å². The summed E-state index contributed by atoms with van der Waals surface area (Å²) in [5.74, 6) is 8.20. The molecule has 3 rings (SSSR count). The van der Waals surface area contributed by atoms with Gasteiger partial charge in [0.15, 0.2) is 12.9 Å². The Balaban J connectivity index is -0.000000469. The third-order valence-corrected chi connectivity index (χ3v) is 5.27. The molecule has 1 aromatic carbocycles. The van der Waals surface area contributed by atoms with Gasteiger partial charge in [0.05, 0.1) is 0 Å². The van der Waals surface area contributed by atoms with Gasteiger partial charge < -0.3 is 26.1 Å². The molecule has 1 heterocycles. The quantitative estimate of drug-likeness (QED) is 0.193. The summed E-state index contributed by atoms with van der Waals surface area (Å²) < 4.78 is 49.7. The van der Waals surface area contributed by atoms with E-state index >= 15 is 0 Å². The first kappa shape index (κ1) is 38.2. The average Bonchev–Trinajstić information content (AvgIpc) is 3.03. The molecule has 0 spiro atoms. The summed E-state index contributed by atoms with van der Waals surface area (Å²) in [4.78, 5) is 14.5. The van der Waals surface area contributed by atoms with Crippen molar-refractivity contribution in [3.63, 3.8) is 0 Å². The summed E-state index contributed by atoms with van der Waals surface area (Å²) in [7, 11) is -4.42. The van der Waals surface area contributed by atoms with Crippen LogP contribution in [0, 0.1) is 45.5 Å². The number of nitroso groups, excluding NO2 is 2. The molecular weight excluding hydrogens is 519 g/mol. The van der Waals surface area contributed by atoms with Gasteiger partial charge in [0, 0.05) is 22.9 Å². The summed E-state index contributed by atoms with van der Waals surface area (Å²) in [5.41, 5.74) is 14.1. The summed E-state index contributed by atoms with van der Waals surface area (Å²) in [6, 6.07) is 14.9. The minimum absolute atomic E-state index is 0. The number of nitrogens with zero attached hydrogens (tertiary/aromatic N) is 2. The van der Waals surface area contributed by atoms with Gasteiger partial charge in [0.25, 0.3) is 0 Å². The van der Waals surface area contributed by atoms with Crippen LogP contribution < -0.4 is 16.8 Å². The first-order valence-corrected chi connectivity index (χ1v) is 10.3. The third-order valence-electron chi connectivity index (χ3n) is 5.27. The monoisotopic (exact) mass is 548 g/mol. The Morgan fingerprint density at radius 1 is 0.833 bits per heavy atom. The molecule has 1 aromatic heterocycles. The Morgan fingerprint density at radius 2 is 1.19 bits per heavy atom. The predicted octanol–water partition coefficient (Wildman–Crippen LogP) is 6.21. The summed E-state index contributed by atoms with van der Waals surface area (Å²) in [6.45, 7) is 13.1. The summed E-state index contributed by atoms with van der Waals surface area (Å²) >= 11 is 0. The zero-order chi connectivity index (χ0) is 27.8. The third kappa shape index (κ3) is 13.7. The molecule has 0 bridgehead atoms. The van der Waals surface area contributed by atoms with Gasteiger partial charge >= 0.3 is 12.9 Å². The van der Waals surface area contributed by atoms with Crippen LogP contribution in [-0.4, -0.2) is 14.4 Å². The largest absolute Gasteiger partial charge is 0.673 e. The van der Waals surface area contributed by atoms with Crippen molar-refractivity contribution < 1.29 is 39.0 Å². The molecule has 1 aliphatic carbocycles. The molecule has 7 radical (unpaired) electrons. The van der Waals surface area contributed by atoms with Gasteiger partial charge in [0.1, 0.15) is 11.2 Å². The molecule has 1 fully saturated rings. The number of aryl methyl sites for hydroxylation is 1. The first-order chi connectivity index (χ1) is 16.4. The van der Waals surface area contributed by atoms with E-state index in [4.69, 9.17) is 29.8 Å². The zero-order valence-corrected chi connectivity index (χ0v) is 22.5. The van der Waals surface area contributed by atoms with Crippen LogP contribution in [0.2, 0.25) is 0 Å². The van der Waals surface area contributed by atoms with Crippen molar-refractivity contribution in [2.75, 3.05) is 7.11 Å². The van der Waals surface area contributed by atoms with Crippen LogP contribution in [0.4, 0.5) is 17.3 Å². The van der Waals surface area contributed by atoms with Crippen molar-refractivity contribution in [3.8, 4) is 11.3 Å². The fraction of sp³-hybridized carbons (Fsp3) is 0.333. The van der Waals surface area contributed by atoms with Gasteiger partial charge in [-0.05, 0) is 29.6 Å². The van der Waals surface area contributed by atoms with Gasteiger partial charge in [-0.3, -0.25) is 0 Å². The van der Waals surface area contributed by atoms with E-state index in [9.17, 15) is 17.3 Å². The van der Waals surface area contributed by atoms with E-state index in [1.807, 2.05) is 36.4 Å². The molecule has 1 saturated carbocycles. The van der Waals surface area contributed by atoms with Gasteiger partial charge in [-0.2, -0.15) is 0 Å². The molecule has 197 valence electrons. The molecule has 36 heavy (non-hydrogen) atoms. The van der Waals surface area contributed by atoms with Crippen LogP contribution in [0.1, 0.15) is 47.1 Å². The van der Waals surface area contributed by atoms with Gasteiger partial charge in [-0.1, -0.05) is 84.4 Å². The number of rotatable bonds is 2. The summed E-state index contributed by atoms with van der Waals surface area (Å²) in [5, 5.41) is 0. The molecule has 0 amide bonds. The smallest absolute Gasteiger partial charge is 0.418 e. The number of hydrogen-bond donors (Lipinski definition) is 0. The summed E-state index contributed by atoms with van der Waals surface area (Å²) in [6.07, 6.45) is 0.911. The maximum atomic E-state index is 9.75. The van der Waals surface area contributed by atoms with Gasteiger partial charge in [-0.15, -0.1) is 15.4 Å². The molecular formula is C24H29BCrF4N2O4-. The van der Waals surface area contributed by atoms with Crippen LogP contribution in [0.15, 0.2) is 45.2 Å². The van der Waals surface area contributed by atoms with E-state index in [-0.39, 0.29) is 17.4 Å². The van der Waals surface area contributed by atoms with Crippen LogP contribution in [0.25, 0.3) is 11.3 Å². The first-order valence-electron chi connectivity index (χ1n) is 10.3. The van der Waals surface area contributed by atoms with Crippen molar-refractivity contribution in [1.82, 2.24) is 11.2 Å². The van der Waals surface area contributed by atoms with E-state index in [0.717, 1.165) is 23.3 Å². The molecule has 0 aliphatic heterocycles. The van der Waals surface area contributed by atoms with E-state index < -0.39 is 7.25 Å². The number of halogens is 4. The molecule has 0 unspecified atom stereocenters. The fourth-order valence-corrected chi connectivity index (χ4v) is 3.00. The van der Waals surface area contributed by atoms with Crippen molar-refractivity contribution in [3.05, 3.63) is 97.5 Å². The van der Waals surface area contributed by atoms with Crippen LogP contribution in [-0.2, 0) is 23.8 Å². The van der Waals surface area contributed by atoms with Crippen molar-refractivity contribution in [2.24, 2.45) is 0 Å². The number of hydrogen-bond acceptors (Lipinski definition) is 3. The van der Waals surface area contributed by atoms with E-state index in [0.29, 0.717) is 5.63 Å². The number of benzene rings is 1. The molecule has 12 heteroatoms. The predicted molar refractivity (Wildman–Crippen MR) is 130 cm³/mol. The molecule has 1 aliphatic rings. The van der Waals surface area contributed by atoms with Gasteiger partial charge in [-0.25, -0.2) is 6.07 Å². The molecule has 0 atom stereocenters. The Bertz CT molecular complexity index is 851. The minimum Gasteiger partial charge on any atom is -0.418 e.